The van der Waals surface area contributed by atoms with Crippen molar-refractivity contribution in [2.75, 3.05) is 47.5 Å². The van der Waals surface area contributed by atoms with Gasteiger partial charge in [0.2, 0.25) is 0 Å². The summed E-state index contributed by atoms with van der Waals surface area (Å²) >= 11 is 0. The number of hydrogen-bond acceptors (Lipinski definition) is 8. The summed E-state index contributed by atoms with van der Waals surface area (Å²) in [7, 11) is 1.17. The minimum absolute atomic E-state index is 0.0305. The van der Waals surface area contributed by atoms with Gasteiger partial charge in [-0.15, -0.1) is 0 Å². The Morgan fingerprint density at radius 1 is 0.413 bits per heavy atom. The number of hydrogen-bond donors (Lipinski definition) is 0. The maximum absolute atomic E-state index is 12.8. The van der Waals surface area contributed by atoms with E-state index in [-0.39, 0.29) is 26.1 Å². The van der Waals surface area contributed by atoms with Crippen molar-refractivity contribution in [2.45, 2.75) is 309 Å². The van der Waals surface area contributed by atoms with E-state index in [1.54, 1.807) is 0 Å². The summed E-state index contributed by atoms with van der Waals surface area (Å²) in [5.74, 6) is -0.835. The van der Waals surface area contributed by atoms with Gasteiger partial charge in [0.15, 0.2) is 6.10 Å². The van der Waals surface area contributed by atoms with Crippen LogP contribution in [0.1, 0.15) is 303 Å². The van der Waals surface area contributed by atoms with Crippen molar-refractivity contribution in [1.29, 1.82) is 0 Å². The number of likely N-dealkylation sites (N-methyl/N-ethyl adjacent to an activating group) is 1. The van der Waals surface area contributed by atoms with Gasteiger partial charge in [-0.05, 0) is 70.6 Å². The molecule has 10 heteroatoms. The first-order valence-electron chi connectivity index (χ1n) is 31.8. The van der Waals surface area contributed by atoms with Crippen LogP contribution in [0.5, 0.6) is 0 Å². The average molecular weight is 1080 g/mol. The average Bonchev–Trinajstić information content (AvgIpc) is 3.37. The van der Waals surface area contributed by atoms with E-state index >= 15 is 0 Å². The molecule has 2 unspecified atom stereocenters. The highest BCUT2D eigenvalue weighted by Crippen LogP contribution is 2.38. The van der Waals surface area contributed by atoms with Gasteiger partial charge in [-0.1, -0.05) is 268 Å². The molecule has 0 heterocycles. The van der Waals surface area contributed by atoms with E-state index in [1.165, 1.54) is 199 Å². The Hall–Kier alpha value is -2.03. The number of unbranched alkanes of at least 4 members (excludes halogenated alkanes) is 37. The van der Waals surface area contributed by atoms with Crippen LogP contribution >= 0.6 is 7.82 Å². The maximum Gasteiger partial charge on any atom is 0.306 e. The van der Waals surface area contributed by atoms with Crippen molar-refractivity contribution >= 4 is 19.8 Å². The molecule has 2 atom stereocenters. The largest absolute Gasteiger partial charge is 0.756 e. The topological polar surface area (TPSA) is 111 Å². The predicted octanol–water partition coefficient (Wildman–Crippen LogP) is 19.5. The molecule has 0 aliphatic heterocycles. The standard InChI is InChI=1S/C65H122NO8P/c1-6-8-10-12-14-16-18-19-20-21-22-23-24-25-26-27-28-29-30-31-32-33-34-35-36-37-38-39-40-41-42-43-44-45-46-47-48-50-52-54-56-58-65(68)74-63(62-73-75(69,70)72-60-59-66(3,4)5)61-71-64(67)57-55-53-51-49-17-15-13-11-9-7-2/h11,13,18-19,21-22,24-25,63H,6-10,12,14-17,20,23,26-62H2,1-5H3/b13-11-,19-18-,22-21-,25-24-. The van der Waals surface area contributed by atoms with Gasteiger partial charge in [0, 0.05) is 12.8 Å². The molecule has 0 aromatic carbocycles. The molecule has 0 aromatic heterocycles. The normalized spacial score (nSPS) is 13.5. The number of phosphoric acid groups is 1. The molecule has 0 saturated carbocycles. The fourth-order valence-electron chi connectivity index (χ4n) is 9.14. The van der Waals surface area contributed by atoms with E-state index in [0.717, 1.165) is 70.6 Å². The van der Waals surface area contributed by atoms with Crippen LogP contribution in [0.25, 0.3) is 0 Å². The summed E-state index contributed by atoms with van der Waals surface area (Å²) in [4.78, 5) is 37.7. The maximum atomic E-state index is 12.8. The van der Waals surface area contributed by atoms with Crippen molar-refractivity contribution < 1.29 is 42.1 Å². The van der Waals surface area contributed by atoms with Crippen LogP contribution in [-0.2, 0) is 32.7 Å². The summed E-state index contributed by atoms with van der Waals surface area (Å²) < 4.78 is 34.0. The van der Waals surface area contributed by atoms with Crippen LogP contribution in [0.4, 0.5) is 0 Å². The molecule has 440 valence electrons. The number of rotatable bonds is 59. The van der Waals surface area contributed by atoms with Crippen molar-refractivity contribution in [3.8, 4) is 0 Å². The van der Waals surface area contributed by atoms with E-state index in [4.69, 9.17) is 18.5 Å². The van der Waals surface area contributed by atoms with Crippen molar-refractivity contribution in [3.63, 3.8) is 0 Å². The van der Waals surface area contributed by atoms with Gasteiger partial charge in [-0.2, -0.15) is 0 Å². The van der Waals surface area contributed by atoms with E-state index in [9.17, 15) is 19.0 Å². The zero-order valence-electron chi connectivity index (χ0n) is 50.0. The molecular weight excluding hydrogens is 954 g/mol. The first kappa shape index (κ1) is 73.0. The highest BCUT2D eigenvalue weighted by molar-refractivity contribution is 7.45. The SMILES string of the molecule is CCC/C=C\CCCCCCCC(=O)OCC(COP(=O)([O-])OCC[N+](C)(C)C)OC(=O)CCCCCCCCCCCCCCCCCCCCCCCCCCCC/C=C\C/C=C\C/C=C\CCCCCCC. The van der Waals surface area contributed by atoms with E-state index in [2.05, 4.69) is 62.5 Å². The summed E-state index contributed by atoms with van der Waals surface area (Å²) in [6, 6.07) is 0. The number of quaternary nitrogens is 1. The molecule has 75 heavy (non-hydrogen) atoms. The van der Waals surface area contributed by atoms with Crippen molar-refractivity contribution in [3.05, 3.63) is 48.6 Å². The fourth-order valence-corrected chi connectivity index (χ4v) is 9.87. The van der Waals surface area contributed by atoms with Crippen LogP contribution in [-0.4, -0.2) is 70.0 Å². The zero-order chi connectivity index (χ0) is 54.9. The molecule has 0 spiro atoms. The Kier molecular flexibility index (Phi) is 55.1. The molecule has 0 aliphatic carbocycles. The third-order valence-electron chi connectivity index (χ3n) is 14.1. The lowest BCUT2D eigenvalue weighted by molar-refractivity contribution is -0.870. The van der Waals surface area contributed by atoms with Gasteiger partial charge in [0.1, 0.15) is 19.8 Å². The van der Waals surface area contributed by atoms with E-state index in [0.29, 0.717) is 17.4 Å². The van der Waals surface area contributed by atoms with Crippen LogP contribution in [0.15, 0.2) is 48.6 Å². The van der Waals surface area contributed by atoms with Gasteiger partial charge in [-0.25, -0.2) is 0 Å². The minimum Gasteiger partial charge on any atom is -0.756 e. The van der Waals surface area contributed by atoms with E-state index < -0.39 is 32.5 Å². The Balaban J connectivity index is 3.80. The molecular formula is C65H122NO8P. The van der Waals surface area contributed by atoms with Gasteiger partial charge in [0.05, 0.1) is 27.7 Å². The molecule has 0 bridgehead atoms. The number of ether oxygens (including phenoxy) is 2. The molecule has 0 N–H and O–H groups in total. The van der Waals surface area contributed by atoms with Gasteiger partial charge < -0.3 is 27.9 Å². The fraction of sp³-hybridized carbons (Fsp3) is 0.846. The summed E-state index contributed by atoms with van der Waals surface area (Å²) in [6.07, 6.45) is 72.2. The smallest absolute Gasteiger partial charge is 0.306 e. The summed E-state index contributed by atoms with van der Waals surface area (Å²) in [5.41, 5.74) is 0. The Labute approximate surface area is 464 Å². The van der Waals surface area contributed by atoms with E-state index in [1.807, 2.05) is 21.1 Å². The molecule has 0 aliphatic rings. The van der Waals surface area contributed by atoms with Gasteiger partial charge in [0.25, 0.3) is 7.82 Å². The lowest BCUT2D eigenvalue weighted by Gasteiger charge is -2.28. The number of carbonyl (C=O) groups is 2. The molecule has 0 rings (SSSR count). The first-order valence-corrected chi connectivity index (χ1v) is 33.3. The zero-order valence-corrected chi connectivity index (χ0v) is 50.9. The number of allylic oxidation sites excluding steroid dienone is 8. The second kappa shape index (κ2) is 56.7. The minimum atomic E-state index is -4.63. The van der Waals surface area contributed by atoms with Crippen LogP contribution in [0, 0.1) is 0 Å². The van der Waals surface area contributed by atoms with Gasteiger partial charge in [-0.3, -0.25) is 14.2 Å². The molecule has 0 amide bonds. The predicted molar refractivity (Wildman–Crippen MR) is 319 cm³/mol. The Bertz CT molecular complexity index is 1410. The van der Waals surface area contributed by atoms with Gasteiger partial charge >= 0.3 is 11.9 Å². The number of nitrogens with zero attached hydrogens (tertiary/aromatic N) is 1. The Morgan fingerprint density at radius 3 is 1.13 bits per heavy atom. The summed E-state index contributed by atoms with van der Waals surface area (Å²) in [5, 5.41) is 0. The van der Waals surface area contributed by atoms with Crippen LogP contribution in [0.3, 0.4) is 0 Å². The lowest BCUT2D eigenvalue weighted by Crippen LogP contribution is -2.37. The molecule has 9 nitrogen and oxygen atoms in total. The molecule has 0 saturated heterocycles. The highest BCUT2D eigenvalue weighted by Gasteiger charge is 2.22. The highest BCUT2D eigenvalue weighted by atomic mass is 31.2. The quantitative estimate of drug-likeness (QED) is 0.0195. The third kappa shape index (κ3) is 61.1. The van der Waals surface area contributed by atoms with Crippen LogP contribution in [0.2, 0.25) is 0 Å². The summed E-state index contributed by atoms with van der Waals surface area (Å²) in [6.45, 7) is 4.17. The number of carbonyl (C=O) groups excluding carboxylic acids is 2. The third-order valence-corrected chi connectivity index (χ3v) is 15.0. The molecule has 0 radical (unpaired) electrons. The lowest BCUT2D eigenvalue weighted by atomic mass is 10.0. The molecule has 0 aromatic rings. The monoisotopic (exact) mass is 1080 g/mol. The molecule has 0 fully saturated rings. The van der Waals surface area contributed by atoms with Crippen molar-refractivity contribution in [2.24, 2.45) is 0 Å². The number of esters is 2. The first-order chi connectivity index (χ1) is 36.5. The second-order valence-electron chi connectivity index (χ2n) is 22.8. The van der Waals surface area contributed by atoms with Crippen molar-refractivity contribution in [1.82, 2.24) is 0 Å². The Morgan fingerprint density at radius 2 is 0.747 bits per heavy atom. The number of phosphoric ester groups is 1. The van der Waals surface area contributed by atoms with Crippen LogP contribution < -0.4 is 4.89 Å². The second-order valence-corrected chi connectivity index (χ2v) is 24.2.